The Morgan fingerprint density at radius 1 is 0.923 bits per heavy atom. The largest absolute Gasteiger partial charge is 0.497 e. The lowest BCUT2D eigenvalue weighted by Crippen LogP contribution is -2.32. The number of aliphatic hydroxyl groups excluding tert-OH is 1. The average Bonchev–Trinajstić information content (AvgIpc) is 3.50. The molecule has 0 bridgehead atoms. The van der Waals surface area contributed by atoms with Gasteiger partial charge in [0.2, 0.25) is 5.88 Å². The molecule has 9 heteroatoms. The highest BCUT2D eigenvalue weighted by Crippen LogP contribution is 2.44. The summed E-state index contributed by atoms with van der Waals surface area (Å²) in [6.45, 7) is 1.57. The molecule has 2 aromatic carbocycles. The van der Waals surface area contributed by atoms with E-state index >= 15 is 0 Å². The minimum Gasteiger partial charge on any atom is -0.497 e. The Balaban J connectivity index is 1.44. The first-order valence-electron chi connectivity index (χ1n) is 13.0. The monoisotopic (exact) mass is 533 g/mol. The Labute approximate surface area is 228 Å². The molecule has 1 saturated carbocycles. The van der Waals surface area contributed by atoms with Crippen LogP contribution in [0.25, 0.3) is 11.0 Å². The molecule has 39 heavy (non-hydrogen) atoms. The van der Waals surface area contributed by atoms with Crippen molar-refractivity contribution in [1.29, 1.82) is 0 Å². The number of benzene rings is 2. The van der Waals surface area contributed by atoms with Gasteiger partial charge in [-0.15, -0.1) is 0 Å². The predicted molar refractivity (Wildman–Crippen MR) is 146 cm³/mol. The van der Waals surface area contributed by atoms with Crippen molar-refractivity contribution in [1.82, 2.24) is 14.5 Å². The minimum atomic E-state index is -0.690. The lowest BCUT2D eigenvalue weighted by molar-refractivity contribution is -0.0545. The normalized spacial score (nSPS) is 20.9. The molecule has 1 aliphatic carbocycles. The van der Waals surface area contributed by atoms with E-state index in [1.165, 1.54) is 6.33 Å². The van der Waals surface area contributed by atoms with Gasteiger partial charge in [0.05, 0.1) is 51.8 Å². The molecular weight excluding hydrogens is 498 g/mol. The maximum absolute atomic E-state index is 11.3. The number of aliphatic hydroxyl groups is 1. The highest BCUT2D eigenvalue weighted by Gasteiger charge is 2.45. The van der Waals surface area contributed by atoms with Crippen molar-refractivity contribution in [2.24, 2.45) is 5.92 Å². The van der Waals surface area contributed by atoms with Crippen LogP contribution in [0.15, 0.2) is 67.1 Å². The summed E-state index contributed by atoms with van der Waals surface area (Å²) in [6.07, 6.45) is 3.09. The summed E-state index contributed by atoms with van der Waals surface area (Å²) < 4.78 is 30.8. The maximum atomic E-state index is 11.3. The van der Waals surface area contributed by atoms with E-state index in [1.54, 1.807) is 21.3 Å². The zero-order valence-corrected chi connectivity index (χ0v) is 22.5. The number of fused-ring (bicyclic) bond motifs is 1. The summed E-state index contributed by atoms with van der Waals surface area (Å²) in [7, 11) is 4.89. The average molecular weight is 534 g/mol. The quantitative estimate of drug-likeness (QED) is 0.288. The van der Waals surface area contributed by atoms with Crippen LogP contribution in [0, 0.1) is 5.92 Å². The molecule has 4 atom stereocenters. The Bertz CT molecular complexity index is 1340. The zero-order valence-electron chi connectivity index (χ0n) is 22.5. The van der Waals surface area contributed by atoms with Crippen LogP contribution in [0.2, 0.25) is 0 Å². The Hall–Kier alpha value is -3.50. The van der Waals surface area contributed by atoms with Crippen LogP contribution in [-0.2, 0) is 34.2 Å². The summed E-state index contributed by atoms with van der Waals surface area (Å²) in [5.74, 6) is 1.07. The van der Waals surface area contributed by atoms with E-state index in [1.807, 2.05) is 65.4 Å². The van der Waals surface area contributed by atoms with Gasteiger partial charge >= 0.3 is 0 Å². The number of ether oxygens (including phenoxy) is 5. The first kappa shape index (κ1) is 27.1. The lowest BCUT2D eigenvalue weighted by atomic mass is 9.96. The molecule has 1 fully saturated rings. The number of hydrogen-bond donors (Lipinski definition) is 1. The second-order valence-corrected chi connectivity index (χ2v) is 9.77. The van der Waals surface area contributed by atoms with Gasteiger partial charge < -0.3 is 33.4 Å². The van der Waals surface area contributed by atoms with Crippen molar-refractivity contribution in [3.63, 3.8) is 0 Å². The summed E-state index contributed by atoms with van der Waals surface area (Å²) in [6, 6.07) is 17.8. The number of hydrogen-bond acceptors (Lipinski definition) is 8. The molecule has 0 aliphatic heterocycles. The molecular formula is C30H35N3O6. The van der Waals surface area contributed by atoms with E-state index in [9.17, 15) is 5.11 Å². The van der Waals surface area contributed by atoms with E-state index in [4.69, 9.17) is 23.7 Å². The number of nitrogens with zero attached hydrogens (tertiary/aromatic N) is 3. The van der Waals surface area contributed by atoms with Crippen molar-refractivity contribution in [3.8, 4) is 11.6 Å². The molecule has 0 radical (unpaired) electrons. The molecule has 4 aromatic rings. The summed E-state index contributed by atoms with van der Waals surface area (Å²) in [5.41, 5.74) is 4.56. The summed E-state index contributed by atoms with van der Waals surface area (Å²) in [5, 5.41) is 11.3. The van der Waals surface area contributed by atoms with Gasteiger partial charge in [-0.2, -0.15) is 4.98 Å². The van der Waals surface area contributed by atoms with Crippen LogP contribution in [0.4, 0.5) is 0 Å². The first-order chi connectivity index (χ1) is 19.1. The van der Waals surface area contributed by atoms with Crippen LogP contribution in [0.5, 0.6) is 11.6 Å². The third-order valence-electron chi connectivity index (χ3n) is 7.33. The molecule has 0 amide bonds. The third kappa shape index (κ3) is 5.91. The molecule has 0 spiro atoms. The van der Waals surface area contributed by atoms with Gasteiger partial charge in [-0.1, -0.05) is 42.5 Å². The van der Waals surface area contributed by atoms with Crippen molar-refractivity contribution in [2.75, 3.05) is 27.9 Å². The topological polar surface area (TPSA) is 97.1 Å². The van der Waals surface area contributed by atoms with Crippen molar-refractivity contribution < 1.29 is 28.8 Å². The van der Waals surface area contributed by atoms with Gasteiger partial charge in [0, 0.05) is 30.7 Å². The molecule has 1 N–H and O–H groups in total. The van der Waals surface area contributed by atoms with E-state index in [-0.39, 0.29) is 11.8 Å². The van der Waals surface area contributed by atoms with Gasteiger partial charge in [0.1, 0.15) is 24.3 Å². The summed E-state index contributed by atoms with van der Waals surface area (Å²) in [4.78, 5) is 8.98. The Kier molecular flexibility index (Phi) is 8.73. The number of methoxy groups -OCH3 is 3. The molecule has 9 nitrogen and oxygen atoms in total. The summed E-state index contributed by atoms with van der Waals surface area (Å²) >= 11 is 0. The van der Waals surface area contributed by atoms with Crippen LogP contribution in [0.1, 0.15) is 29.0 Å². The van der Waals surface area contributed by atoms with E-state index < -0.39 is 12.2 Å². The smallest absolute Gasteiger partial charge is 0.241 e. The highest BCUT2D eigenvalue weighted by molar-refractivity contribution is 5.84. The van der Waals surface area contributed by atoms with Crippen molar-refractivity contribution in [3.05, 3.63) is 83.8 Å². The second kappa shape index (κ2) is 12.6. The van der Waals surface area contributed by atoms with Gasteiger partial charge in [0.25, 0.3) is 0 Å². The molecule has 0 saturated heterocycles. The number of aromatic nitrogens is 3. The van der Waals surface area contributed by atoms with Crippen LogP contribution in [0.3, 0.4) is 0 Å². The fraction of sp³-hybridized carbons (Fsp3) is 0.400. The molecule has 2 aromatic heterocycles. The van der Waals surface area contributed by atoms with Gasteiger partial charge in [-0.3, -0.25) is 0 Å². The lowest BCUT2D eigenvalue weighted by Gasteiger charge is -2.23. The predicted octanol–water partition coefficient (Wildman–Crippen LogP) is 4.32. The SMILES string of the molecule is COC[C@H]1C[C@@H](c2cn(COCc3ccccc3)c3c(OC)ncnc23)[C@H](OCc2ccc(OC)cc2)[C@@H]1O. The van der Waals surface area contributed by atoms with E-state index in [0.29, 0.717) is 38.9 Å². The van der Waals surface area contributed by atoms with Gasteiger partial charge in [-0.05, 0) is 29.7 Å². The van der Waals surface area contributed by atoms with Crippen LogP contribution >= 0.6 is 0 Å². The highest BCUT2D eigenvalue weighted by atomic mass is 16.5. The molecule has 0 unspecified atom stereocenters. The maximum Gasteiger partial charge on any atom is 0.241 e. The molecule has 1 aliphatic rings. The Morgan fingerprint density at radius 3 is 2.41 bits per heavy atom. The minimum absolute atomic E-state index is 0.0719. The molecule has 2 heterocycles. The third-order valence-corrected chi connectivity index (χ3v) is 7.33. The standard InChI is InChI=1S/C30H35N3O6/c1-35-17-22-13-24(29(28(22)34)39-16-21-9-11-23(36-2)12-10-21)25-14-33(19-38-15-20-7-5-4-6-8-20)27-26(25)31-18-32-30(27)37-3/h4-12,14,18,22,24,28-29,34H,13,15-17,19H2,1-3H3/t22-,24+,28-,29+/m1/s1. The second-order valence-electron chi connectivity index (χ2n) is 9.77. The van der Waals surface area contributed by atoms with Gasteiger partial charge in [-0.25, -0.2) is 4.98 Å². The molecule has 206 valence electrons. The Morgan fingerprint density at radius 2 is 1.69 bits per heavy atom. The van der Waals surface area contributed by atoms with Crippen molar-refractivity contribution in [2.45, 2.75) is 44.5 Å². The van der Waals surface area contributed by atoms with Crippen molar-refractivity contribution >= 4 is 11.0 Å². The van der Waals surface area contributed by atoms with Crippen LogP contribution in [-0.4, -0.2) is 59.8 Å². The fourth-order valence-electron chi connectivity index (χ4n) is 5.40. The fourth-order valence-corrected chi connectivity index (χ4v) is 5.40. The van der Waals surface area contributed by atoms with E-state index in [0.717, 1.165) is 33.5 Å². The number of rotatable bonds is 12. The van der Waals surface area contributed by atoms with E-state index in [2.05, 4.69) is 9.97 Å². The zero-order chi connectivity index (χ0) is 27.2. The van der Waals surface area contributed by atoms with Gasteiger partial charge in [0.15, 0.2) is 0 Å². The van der Waals surface area contributed by atoms with Crippen LogP contribution < -0.4 is 9.47 Å². The first-order valence-corrected chi connectivity index (χ1v) is 13.0. The molecule has 5 rings (SSSR count).